The third kappa shape index (κ3) is 4.52. The van der Waals surface area contributed by atoms with Crippen LogP contribution in [0.1, 0.15) is 52.5 Å². The lowest BCUT2D eigenvalue weighted by Gasteiger charge is -2.40. The lowest BCUT2D eigenvalue weighted by Crippen LogP contribution is -2.48. The highest BCUT2D eigenvalue weighted by atomic mass is 16.1. The Bertz CT molecular complexity index is 1280. The van der Waals surface area contributed by atoms with Crippen molar-refractivity contribution in [3.05, 3.63) is 107 Å². The average Bonchev–Trinajstić information content (AvgIpc) is 3.26. The number of Topliss-reactive ketones (excluding diaryl/α,β-unsaturated/α-hetero) is 1. The summed E-state index contributed by atoms with van der Waals surface area (Å²) in [6.07, 6.45) is 3.77. The SMILES string of the molecule is O=C1CCCc2c1n(CCCN1CCN(C(c3ccccc3)c3ccccc3)CC1)c1ccccc21. The standard InChI is InChI=1S/C32H35N3O/c36-30-18-9-16-28-27-15-7-8-17-29(27)35(32(28)30)20-10-19-33-21-23-34(24-22-33)31(25-11-3-1-4-12-25)26-13-5-2-6-14-26/h1-8,11-15,17,31H,9-10,16,18-24H2. The van der Waals surface area contributed by atoms with Crippen LogP contribution in [-0.4, -0.2) is 52.9 Å². The predicted molar refractivity (Wildman–Crippen MR) is 147 cm³/mol. The molecule has 2 heterocycles. The zero-order chi connectivity index (χ0) is 24.3. The van der Waals surface area contributed by atoms with Crippen molar-refractivity contribution >= 4 is 16.7 Å². The number of fused-ring (bicyclic) bond motifs is 3. The molecule has 0 radical (unpaired) electrons. The minimum absolute atomic E-state index is 0.304. The first kappa shape index (κ1) is 23.2. The second kappa shape index (κ2) is 10.4. The molecule has 0 saturated carbocycles. The van der Waals surface area contributed by atoms with Crippen LogP contribution in [0, 0.1) is 0 Å². The second-order valence-electron chi connectivity index (χ2n) is 10.2. The van der Waals surface area contributed by atoms with Crippen LogP contribution in [0.25, 0.3) is 10.9 Å². The molecule has 6 rings (SSSR count). The molecule has 36 heavy (non-hydrogen) atoms. The van der Waals surface area contributed by atoms with Crippen LogP contribution in [0.15, 0.2) is 84.9 Å². The zero-order valence-electron chi connectivity index (χ0n) is 21.0. The summed E-state index contributed by atoms with van der Waals surface area (Å²) < 4.78 is 2.32. The molecule has 0 atom stereocenters. The summed E-state index contributed by atoms with van der Waals surface area (Å²) in [6, 6.07) is 30.7. The third-order valence-electron chi connectivity index (χ3n) is 8.03. The molecule has 0 bridgehead atoms. The van der Waals surface area contributed by atoms with Crippen LogP contribution >= 0.6 is 0 Å². The number of rotatable bonds is 7. The molecule has 1 fully saturated rings. The van der Waals surface area contributed by atoms with Crippen molar-refractivity contribution in [3.63, 3.8) is 0 Å². The summed E-state index contributed by atoms with van der Waals surface area (Å²) in [4.78, 5) is 18.1. The van der Waals surface area contributed by atoms with E-state index >= 15 is 0 Å². The number of nitrogens with zero attached hydrogens (tertiary/aromatic N) is 3. The van der Waals surface area contributed by atoms with Gasteiger partial charge in [0.25, 0.3) is 0 Å². The van der Waals surface area contributed by atoms with E-state index in [0.717, 1.165) is 64.2 Å². The van der Waals surface area contributed by atoms with E-state index in [1.807, 2.05) is 0 Å². The number of benzene rings is 3. The molecule has 1 aliphatic heterocycles. The molecule has 0 spiro atoms. The monoisotopic (exact) mass is 477 g/mol. The number of carbonyl (C=O) groups excluding carboxylic acids is 1. The normalized spacial score (nSPS) is 17.1. The topological polar surface area (TPSA) is 28.5 Å². The van der Waals surface area contributed by atoms with Gasteiger partial charge in [0.1, 0.15) is 0 Å². The van der Waals surface area contributed by atoms with Gasteiger partial charge in [0.2, 0.25) is 0 Å². The van der Waals surface area contributed by atoms with E-state index in [2.05, 4.69) is 99.3 Å². The van der Waals surface area contributed by atoms with E-state index in [4.69, 9.17) is 0 Å². The molecule has 0 amide bonds. The number of ketones is 1. The van der Waals surface area contributed by atoms with E-state index in [1.54, 1.807) is 0 Å². The zero-order valence-corrected chi connectivity index (χ0v) is 21.0. The van der Waals surface area contributed by atoms with Crippen molar-refractivity contribution < 1.29 is 4.79 Å². The minimum Gasteiger partial charge on any atom is -0.338 e. The van der Waals surface area contributed by atoms with Crippen molar-refractivity contribution in [2.45, 2.75) is 38.3 Å². The molecule has 4 heteroatoms. The maximum Gasteiger partial charge on any atom is 0.179 e. The predicted octanol–water partition coefficient (Wildman–Crippen LogP) is 5.96. The number of aryl methyl sites for hydroxylation is 2. The van der Waals surface area contributed by atoms with Gasteiger partial charge in [-0.1, -0.05) is 78.9 Å². The first-order valence-corrected chi connectivity index (χ1v) is 13.5. The molecule has 184 valence electrons. The maximum atomic E-state index is 12.8. The Hall–Kier alpha value is -3.21. The first-order chi connectivity index (χ1) is 17.8. The van der Waals surface area contributed by atoms with Crippen LogP contribution in [0.2, 0.25) is 0 Å². The lowest BCUT2D eigenvalue weighted by molar-refractivity contribution is 0.0961. The van der Waals surface area contributed by atoms with Gasteiger partial charge < -0.3 is 9.47 Å². The Balaban J connectivity index is 1.11. The van der Waals surface area contributed by atoms with Crippen molar-refractivity contribution in [2.75, 3.05) is 32.7 Å². The summed E-state index contributed by atoms with van der Waals surface area (Å²) in [7, 11) is 0. The van der Waals surface area contributed by atoms with Gasteiger partial charge in [-0.05, 0) is 48.6 Å². The van der Waals surface area contributed by atoms with Gasteiger partial charge >= 0.3 is 0 Å². The highest BCUT2D eigenvalue weighted by Crippen LogP contribution is 2.33. The van der Waals surface area contributed by atoms with Gasteiger partial charge in [0, 0.05) is 50.0 Å². The molecule has 1 aliphatic carbocycles. The van der Waals surface area contributed by atoms with E-state index < -0.39 is 0 Å². The second-order valence-corrected chi connectivity index (χ2v) is 10.2. The van der Waals surface area contributed by atoms with Crippen LogP contribution in [-0.2, 0) is 13.0 Å². The fraction of sp³-hybridized carbons (Fsp3) is 0.344. The Morgan fingerprint density at radius 2 is 1.33 bits per heavy atom. The lowest BCUT2D eigenvalue weighted by atomic mass is 9.94. The Kier molecular flexibility index (Phi) is 6.71. The molecule has 2 aliphatic rings. The number of hydrogen-bond acceptors (Lipinski definition) is 3. The summed E-state index contributed by atoms with van der Waals surface area (Å²) in [5.41, 5.74) is 6.23. The van der Waals surface area contributed by atoms with Gasteiger partial charge in [0.05, 0.1) is 11.7 Å². The Morgan fingerprint density at radius 1 is 0.694 bits per heavy atom. The molecular formula is C32H35N3O. The van der Waals surface area contributed by atoms with Crippen LogP contribution < -0.4 is 0 Å². The fourth-order valence-corrected chi connectivity index (χ4v) is 6.31. The number of hydrogen-bond donors (Lipinski definition) is 0. The number of aromatic nitrogens is 1. The molecule has 4 nitrogen and oxygen atoms in total. The van der Waals surface area contributed by atoms with E-state index in [9.17, 15) is 4.79 Å². The van der Waals surface area contributed by atoms with E-state index in [-0.39, 0.29) is 0 Å². The largest absolute Gasteiger partial charge is 0.338 e. The number of carbonyl (C=O) groups is 1. The quantitative estimate of drug-likeness (QED) is 0.329. The molecule has 4 aromatic rings. The van der Waals surface area contributed by atoms with Crippen LogP contribution in [0.3, 0.4) is 0 Å². The smallest absolute Gasteiger partial charge is 0.179 e. The molecule has 1 aromatic heterocycles. The molecule has 0 N–H and O–H groups in total. The fourth-order valence-electron chi connectivity index (χ4n) is 6.31. The minimum atomic E-state index is 0.304. The molecule has 1 saturated heterocycles. The van der Waals surface area contributed by atoms with Gasteiger partial charge in [-0.3, -0.25) is 9.69 Å². The highest BCUT2D eigenvalue weighted by molar-refractivity contribution is 6.04. The van der Waals surface area contributed by atoms with Crippen molar-refractivity contribution in [1.82, 2.24) is 14.4 Å². The van der Waals surface area contributed by atoms with Crippen molar-refractivity contribution in [3.8, 4) is 0 Å². The van der Waals surface area contributed by atoms with Gasteiger partial charge in [-0.15, -0.1) is 0 Å². The van der Waals surface area contributed by atoms with E-state index in [1.165, 1.54) is 27.6 Å². The summed E-state index contributed by atoms with van der Waals surface area (Å²) >= 11 is 0. The summed E-state index contributed by atoms with van der Waals surface area (Å²) in [6.45, 7) is 6.28. The van der Waals surface area contributed by atoms with Crippen molar-refractivity contribution in [1.29, 1.82) is 0 Å². The van der Waals surface area contributed by atoms with E-state index in [0.29, 0.717) is 18.2 Å². The number of para-hydroxylation sites is 1. The highest BCUT2D eigenvalue weighted by Gasteiger charge is 2.27. The summed E-state index contributed by atoms with van der Waals surface area (Å²) in [5.74, 6) is 0.328. The molecular weight excluding hydrogens is 442 g/mol. The third-order valence-corrected chi connectivity index (χ3v) is 8.03. The first-order valence-electron chi connectivity index (χ1n) is 13.5. The maximum absolute atomic E-state index is 12.8. The van der Waals surface area contributed by atoms with Gasteiger partial charge in [-0.25, -0.2) is 0 Å². The number of piperazine rings is 1. The molecule has 3 aromatic carbocycles. The summed E-state index contributed by atoms with van der Waals surface area (Å²) in [5, 5.41) is 1.28. The van der Waals surface area contributed by atoms with Gasteiger partial charge in [-0.2, -0.15) is 0 Å². The van der Waals surface area contributed by atoms with Crippen molar-refractivity contribution in [2.24, 2.45) is 0 Å². The Labute approximate surface area is 214 Å². The van der Waals surface area contributed by atoms with Crippen LogP contribution in [0.5, 0.6) is 0 Å². The Morgan fingerprint density at radius 3 is 2.03 bits per heavy atom. The van der Waals surface area contributed by atoms with Gasteiger partial charge in [0.15, 0.2) is 5.78 Å². The molecule has 0 unspecified atom stereocenters. The van der Waals surface area contributed by atoms with Crippen LogP contribution in [0.4, 0.5) is 0 Å². The average molecular weight is 478 g/mol.